The summed E-state index contributed by atoms with van der Waals surface area (Å²) in [5.41, 5.74) is 6.27. The van der Waals surface area contributed by atoms with Gasteiger partial charge in [-0.3, -0.25) is 0 Å². The van der Waals surface area contributed by atoms with E-state index in [2.05, 4.69) is 4.90 Å². The molecule has 2 aliphatic rings. The molecule has 1 heterocycles. The van der Waals surface area contributed by atoms with Crippen LogP contribution in [0.3, 0.4) is 0 Å². The number of likely N-dealkylation sites (tertiary alicyclic amines) is 1. The molecule has 0 aromatic heterocycles. The zero-order valence-corrected chi connectivity index (χ0v) is 8.41. The Bertz CT molecular complexity index is 145. The van der Waals surface area contributed by atoms with Crippen LogP contribution in [0.2, 0.25) is 0 Å². The molecule has 0 aromatic carbocycles. The van der Waals surface area contributed by atoms with Crippen LogP contribution in [-0.2, 0) is 0 Å². The first kappa shape index (κ1) is 10.3. The van der Waals surface area contributed by atoms with Crippen molar-refractivity contribution < 1.29 is 0 Å². The first-order chi connectivity index (χ1) is 5.35. The number of nitrogens with zero attached hydrogens (tertiary/aromatic N) is 1. The van der Waals surface area contributed by atoms with Gasteiger partial charge < -0.3 is 10.6 Å². The molecule has 1 aliphatic heterocycles. The molecule has 2 rings (SSSR count). The Morgan fingerprint density at radius 3 is 2.42 bits per heavy atom. The van der Waals surface area contributed by atoms with E-state index >= 15 is 0 Å². The molecule has 0 aromatic rings. The third-order valence-electron chi connectivity index (χ3n) is 3.38. The molecular weight excluding hydrogens is 172 g/mol. The van der Waals surface area contributed by atoms with Crippen molar-refractivity contribution in [3.05, 3.63) is 0 Å². The molecule has 2 N–H and O–H groups in total. The van der Waals surface area contributed by atoms with Crippen molar-refractivity contribution in [3.8, 4) is 0 Å². The van der Waals surface area contributed by atoms with Crippen molar-refractivity contribution in [1.82, 2.24) is 4.90 Å². The van der Waals surface area contributed by atoms with Crippen LogP contribution in [0.5, 0.6) is 0 Å². The van der Waals surface area contributed by atoms with E-state index in [1.807, 2.05) is 0 Å². The lowest BCUT2D eigenvalue weighted by molar-refractivity contribution is 0.140. The van der Waals surface area contributed by atoms with Crippen molar-refractivity contribution in [3.63, 3.8) is 0 Å². The van der Waals surface area contributed by atoms with Crippen molar-refractivity contribution in [2.75, 3.05) is 26.2 Å². The van der Waals surface area contributed by atoms with Crippen molar-refractivity contribution in [2.24, 2.45) is 11.1 Å². The van der Waals surface area contributed by atoms with E-state index in [1.165, 1.54) is 38.8 Å². The zero-order valence-electron chi connectivity index (χ0n) is 7.59. The molecule has 0 unspecified atom stereocenters. The average molecular weight is 191 g/mol. The van der Waals surface area contributed by atoms with E-state index in [9.17, 15) is 0 Å². The molecule has 3 heteroatoms. The number of nitrogens with two attached hydrogens (primary N) is 1. The predicted octanol–water partition coefficient (Wildman–Crippen LogP) is 1.24. The van der Waals surface area contributed by atoms with Gasteiger partial charge in [-0.2, -0.15) is 0 Å². The van der Waals surface area contributed by atoms with E-state index in [0.717, 1.165) is 18.5 Å². The van der Waals surface area contributed by atoms with Crippen LogP contribution >= 0.6 is 12.4 Å². The van der Waals surface area contributed by atoms with Crippen LogP contribution in [0.1, 0.15) is 25.7 Å². The fraction of sp³-hybridized carbons (Fsp3) is 1.00. The Morgan fingerprint density at radius 1 is 1.25 bits per heavy atom. The standard InChI is InChI=1S/C9H18N2.ClH/c10-5-7-11-6-4-9(8-11)2-1-3-9;/h1-8,10H2;1H. The predicted molar refractivity (Wildman–Crippen MR) is 53.6 cm³/mol. The molecular formula is C9H19ClN2. The van der Waals surface area contributed by atoms with Gasteiger partial charge in [0.25, 0.3) is 0 Å². The summed E-state index contributed by atoms with van der Waals surface area (Å²) in [6.07, 6.45) is 5.87. The maximum Gasteiger partial charge on any atom is 0.0105 e. The summed E-state index contributed by atoms with van der Waals surface area (Å²) in [6, 6.07) is 0. The summed E-state index contributed by atoms with van der Waals surface area (Å²) in [5.74, 6) is 0. The molecule has 1 spiro atoms. The van der Waals surface area contributed by atoms with E-state index in [0.29, 0.717) is 0 Å². The molecule has 0 bridgehead atoms. The van der Waals surface area contributed by atoms with Crippen LogP contribution in [0, 0.1) is 5.41 Å². The fourth-order valence-electron chi connectivity index (χ4n) is 2.49. The second-order valence-corrected chi connectivity index (χ2v) is 4.17. The normalized spacial score (nSPS) is 26.8. The molecule has 0 amide bonds. The Balaban J connectivity index is 0.000000720. The Labute approximate surface area is 80.9 Å². The lowest BCUT2D eigenvalue weighted by atomic mass is 9.68. The van der Waals surface area contributed by atoms with E-state index in [-0.39, 0.29) is 12.4 Å². The van der Waals surface area contributed by atoms with Crippen LogP contribution in [0.15, 0.2) is 0 Å². The smallest absolute Gasteiger partial charge is 0.0105 e. The third kappa shape index (κ3) is 1.76. The first-order valence-corrected chi connectivity index (χ1v) is 4.77. The minimum Gasteiger partial charge on any atom is -0.329 e. The lowest BCUT2D eigenvalue weighted by Crippen LogP contribution is -2.34. The first-order valence-electron chi connectivity index (χ1n) is 4.77. The van der Waals surface area contributed by atoms with E-state index in [4.69, 9.17) is 5.73 Å². The van der Waals surface area contributed by atoms with Crippen molar-refractivity contribution in [1.29, 1.82) is 0 Å². The largest absolute Gasteiger partial charge is 0.329 e. The minimum atomic E-state index is 0. The zero-order chi connectivity index (χ0) is 7.73. The third-order valence-corrected chi connectivity index (χ3v) is 3.38. The topological polar surface area (TPSA) is 29.3 Å². The van der Waals surface area contributed by atoms with Gasteiger partial charge >= 0.3 is 0 Å². The van der Waals surface area contributed by atoms with Crippen LogP contribution in [-0.4, -0.2) is 31.1 Å². The van der Waals surface area contributed by atoms with Crippen LogP contribution < -0.4 is 5.73 Å². The van der Waals surface area contributed by atoms with Gasteiger partial charge in [-0.25, -0.2) is 0 Å². The van der Waals surface area contributed by atoms with Gasteiger partial charge in [0.1, 0.15) is 0 Å². The number of hydrogen-bond acceptors (Lipinski definition) is 2. The molecule has 72 valence electrons. The summed E-state index contributed by atoms with van der Waals surface area (Å²) < 4.78 is 0. The maximum atomic E-state index is 5.51. The average Bonchev–Trinajstić information content (AvgIpc) is 2.32. The SMILES string of the molecule is Cl.NCCN1CCC2(CCC2)C1. The number of rotatable bonds is 2. The quantitative estimate of drug-likeness (QED) is 0.710. The highest BCUT2D eigenvalue weighted by Crippen LogP contribution is 2.47. The Morgan fingerprint density at radius 2 is 2.00 bits per heavy atom. The highest BCUT2D eigenvalue weighted by Gasteiger charge is 2.42. The molecule has 0 atom stereocenters. The summed E-state index contributed by atoms with van der Waals surface area (Å²) in [6.45, 7) is 4.58. The Hall–Kier alpha value is 0.210. The number of halogens is 1. The Kier molecular flexibility index (Phi) is 3.38. The fourth-order valence-corrected chi connectivity index (χ4v) is 2.49. The van der Waals surface area contributed by atoms with E-state index < -0.39 is 0 Å². The second kappa shape index (κ2) is 3.95. The van der Waals surface area contributed by atoms with Gasteiger partial charge in [0.05, 0.1) is 0 Å². The second-order valence-electron chi connectivity index (χ2n) is 4.17. The van der Waals surface area contributed by atoms with Gasteiger partial charge in [-0.15, -0.1) is 12.4 Å². The minimum absolute atomic E-state index is 0. The van der Waals surface area contributed by atoms with Gasteiger partial charge in [0.2, 0.25) is 0 Å². The molecule has 1 saturated heterocycles. The highest BCUT2D eigenvalue weighted by molar-refractivity contribution is 5.85. The highest BCUT2D eigenvalue weighted by atomic mass is 35.5. The van der Waals surface area contributed by atoms with Crippen LogP contribution in [0.25, 0.3) is 0 Å². The summed E-state index contributed by atoms with van der Waals surface area (Å²) in [7, 11) is 0. The van der Waals surface area contributed by atoms with Gasteiger partial charge in [-0.05, 0) is 31.2 Å². The number of hydrogen-bond donors (Lipinski definition) is 1. The maximum absolute atomic E-state index is 5.51. The van der Waals surface area contributed by atoms with Gasteiger partial charge in [0.15, 0.2) is 0 Å². The molecule has 0 radical (unpaired) electrons. The van der Waals surface area contributed by atoms with Gasteiger partial charge in [-0.1, -0.05) is 6.42 Å². The molecule has 1 saturated carbocycles. The van der Waals surface area contributed by atoms with Crippen LogP contribution in [0.4, 0.5) is 0 Å². The lowest BCUT2D eigenvalue weighted by Gasteiger charge is -2.38. The summed E-state index contributed by atoms with van der Waals surface area (Å²) in [4.78, 5) is 2.53. The monoisotopic (exact) mass is 190 g/mol. The van der Waals surface area contributed by atoms with Crippen molar-refractivity contribution in [2.45, 2.75) is 25.7 Å². The van der Waals surface area contributed by atoms with E-state index in [1.54, 1.807) is 0 Å². The molecule has 12 heavy (non-hydrogen) atoms. The molecule has 2 nitrogen and oxygen atoms in total. The van der Waals surface area contributed by atoms with Crippen molar-refractivity contribution >= 4 is 12.4 Å². The summed E-state index contributed by atoms with van der Waals surface area (Å²) >= 11 is 0. The molecule has 2 fully saturated rings. The molecule has 1 aliphatic carbocycles. The summed E-state index contributed by atoms with van der Waals surface area (Å²) in [5, 5.41) is 0. The van der Waals surface area contributed by atoms with Gasteiger partial charge in [0, 0.05) is 19.6 Å².